The monoisotopic (exact) mass is 704 g/mol. The van der Waals surface area contributed by atoms with Gasteiger partial charge in [0, 0.05) is 0 Å². The molecule has 7 aromatic rings. The van der Waals surface area contributed by atoms with Crippen molar-refractivity contribution in [1.82, 2.24) is 0 Å². The molecule has 0 saturated carbocycles. The minimum absolute atomic E-state index is 0. The Hall–Kier alpha value is -3.00. The Morgan fingerprint density at radius 2 is 0.932 bits per heavy atom. The summed E-state index contributed by atoms with van der Waals surface area (Å²) in [5.41, 5.74) is 10.7. The molecule has 0 aliphatic rings. The Bertz CT molecular complexity index is 1930. The molecule has 0 amide bonds. The van der Waals surface area contributed by atoms with Crippen molar-refractivity contribution < 1.29 is 48.1 Å². The molecule has 7 aromatic carbocycles. The van der Waals surface area contributed by atoms with Gasteiger partial charge in [0.1, 0.15) is 0 Å². The third-order valence-electron chi connectivity index (χ3n) is 7.27. The average molecular weight is 707 g/mol. The van der Waals surface area contributed by atoms with Gasteiger partial charge in [0.25, 0.3) is 0 Å². The Balaban J connectivity index is 0.000000213. The first-order chi connectivity index (χ1) is 20.4. The van der Waals surface area contributed by atoms with E-state index in [-0.39, 0.29) is 30.2 Å². The summed E-state index contributed by atoms with van der Waals surface area (Å²) in [6.07, 6.45) is 0. The van der Waals surface area contributed by atoms with Crippen LogP contribution < -0.4 is 24.8 Å². The summed E-state index contributed by atoms with van der Waals surface area (Å²) in [5.74, 6) is 0. The Kier molecular flexibility index (Phi) is 13.6. The molecular formula is C40H36Cl2SiZr-2. The summed E-state index contributed by atoms with van der Waals surface area (Å²) in [6.45, 7) is 8.94. The summed E-state index contributed by atoms with van der Waals surface area (Å²) in [6, 6.07) is 51.9. The third-order valence-corrected chi connectivity index (χ3v) is 7.27. The second kappa shape index (κ2) is 16.9. The second-order valence-electron chi connectivity index (χ2n) is 10.9. The van der Waals surface area contributed by atoms with Crippen LogP contribution in [0.2, 0.25) is 13.1 Å². The van der Waals surface area contributed by atoms with Gasteiger partial charge >= 0.3 is 41.9 Å². The topological polar surface area (TPSA) is 0 Å². The molecule has 4 heteroatoms. The Labute approximate surface area is 290 Å². The van der Waals surface area contributed by atoms with Gasteiger partial charge in [-0.05, 0) is 18.1 Å². The molecule has 0 heterocycles. The molecule has 7 rings (SSSR count). The van der Waals surface area contributed by atoms with Crippen molar-refractivity contribution in [3.63, 3.8) is 0 Å². The number of hydrogen-bond donors (Lipinski definition) is 0. The van der Waals surface area contributed by atoms with Crippen molar-refractivity contribution in [2.24, 2.45) is 0 Å². The zero-order valence-electron chi connectivity index (χ0n) is 25.6. The maximum Gasteiger partial charge on any atom is -0.0259 e. The van der Waals surface area contributed by atoms with E-state index in [0.29, 0.717) is 0 Å². The first-order valence-corrected chi connectivity index (χ1v) is 20.6. The third kappa shape index (κ3) is 8.80. The maximum atomic E-state index is 2.32. The number of aryl methyl sites for hydroxylation is 2. The minimum Gasteiger partial charge on any atom is -1.00 e. The smallest absolute Gasteiger partial charge is 0.0259 e. The van der Waals surface area contributed by atoms with E-state index in [1.165, 1.54) is 66.1 Å². The molecule has 0 bridgehead atoms. The molecule has 0 nitrogen and oxygen atoms in total. The van der Waals surface area contributed by atoms with E-state index in [2.05, 4.69) is 173 Å². The number of benzene rings is 5. The van der Waals surface area contributed by atoms with Gasteiger partial charge in [0.05, 0.1) is 0 Å². The van der Waals surface area contributed by atoms with Gasteiger partial charge in [-0.15, -0.1) is 69.1 Å². The zero-order chi connectivity index (χ0) is 29.5. The molecule has 0 aliphatic carbocycles. The van der Waals surface area contributed by atoms with Crippen molar-refractivity contribution >= 4 is 27.0 Å². The van der Waals surface area contributed by atoms with E-state index in [1.54, 1.807) is 23.3 Å². The van der Waals surface area contributed by atoms with Gasteiger partial charge < -0.3 is 24.8 Å². The summed E-state index contributed by atoms with van der Waals surface area (Å²) < 4.78 is 0. The van der Waals surface area contributed by atoms with Gasteiger partial charge in [0.2, 0.25) is 0 Å². The van der Waals surface area contributed by atoms with Crippen LogP contribution in [0.5, 0.6) is 0 Å². The number of hydrogen-bond acceptors (Lipinski definition) is 0. The summed E-state index contributed by atoms with van der Waals surface area (Å²) in [4.78, 5) is 0. The SMILES string of the molecule is C[Si](C)=[Zr+2].Cc1cc2c(-c3ccccc3)cccc2[cH-]1.Cc1ccccc1-c1cc2c(-c3ccccc3)cccc2[cH-]1.[Cl-].[Cl-]. The van der Waals surface area contributed by atoms with Crippen LogP contribution in [0.25, 0.3) is 54.9 Å². The van der Waals surface area contributed by atoms with E-state index in [0.717, 1.165) is 0 Å². The minimum atomic E-state index is 0. The Morgan fingerprint density at radius 3 is 1.45 bits per heavy atom. The van der Waals surface area contributed by atoms with E-state index < -0.39 is 0 Å². The van der Waals surface area contributed by atoms with E-state index in [4.69, 9.17) is 0 Å². The maximum absolute atomic E-state index is 2.32. The largest absolute Gasteiger partial charge is 1.00 e. The van der Waals surface area contributed by atoms with Crippen LogP contribution in [-0.4, -0.2) is 5.43 Å². The molecule has 0 unspecified atom stereocenters. The van der Waals surface area contributed by atoms with Gasteiger partial charge in [-0.25, -0.2) is 0 Å². The van der Waals surface area contributed by atoms with Crippen molar-refractivity contribution in [3.05, 3.63) is 157 Å². The molecule has 0 saturated heterocycles. The molecule has 0 N–H and O–H groups in total. The van der Waals surface area contributed by atoms with E-state index in [9.17, 15) is 0 Å². The number of halogens is 2. The molecule has 0 aromatic heterocycles. The van der Waals surface area contributed by atoms with E-state index in [1.807, 2.05) is 0 Å². The van der Waals surface area contributed by atoms with Gasteiger partial charge in [0.15, 0.2) is 0 Å². The molecule has 0 spiro atoms. The average Bonchev–Trinajstić information content (AvgIpc) is 3.61. The Morgan fingerprint density at radius 1 is 0.500 bits per heavy atom. The fourth-order valence-corrected chi connectivity index (χ4v) is 5.41. The first-order valence-electron chi connectivity index (χ1n) is 14.4. The first kappa shape index (κ1) is 35.5. The van der Waals surface area contributed by atoms with Crippen LogP contribution >= 0.6 is 0 Å². The van der Waals surface area contributed by atoms with Gasteiger partial charge in [-0.3, -0.25) is 0 Å². The molecule has 220 valence electrons. The molecule has 0 aliphatic heterocycles. The van der Waals surface area contributed by atoms with Crippen LogP contribution in [0.4, 0.5) is 0 Å². The summed E-state index contributed by atoms with van der Waals surface area (Å²) in [5, 5.41) is 5.32. The zero-order valence-corrected chi connectivity index (χ0v) is 30.6. The van der Waals surface area contributed by atoms with E-state index >= 15 is 0 Å². The quantitative estimate of drug-likeness (QED) is 0.168. The number of fused-ring (bicyclic) bond motifs is 2. The number of rotatable bonds is 3. The van der Waals surface area contributed by atoms with Crippen molar-refractivity contribution in [2.45, 2.75) is 26.9 Å². The summed E-state index contributed by atoms with van der Waals surface area (Å²) in [7, 11) is 0. The van der Waals surface area contributed by atoms with Crippen molar-refractivity contribution in [2.75, 3.05) is 0 Å². The molecule has 0 atom stereocenters. The van der Waals surface area contributed by atoms with Crippen molar-refractivity contribution in [3.8, 4) is 33.4 Å². The van der Waals surface area contributed by atoms with Gasteiger partial charge in [-0.1, -0.05) is 132 Å². The molecule has 44 heavy (non-hydrogen) atoms. The normalized spacial score (nSPS) is 10.0. The van der Waals surface area contributed by atoms with Crippen LogP contribution in [0, 0.1) is 13.8 Å². The van der Waals surface area contributed by atoms with Crippen LogP contribution in [0.1, 0.15) is 11.1 Å². The molecule has 0 radical (unpaired) electrons. The standard InChI is InChI=1S/C22H17.C16H13.C2H6Si.2ClH.Zr/c1-16-8-5-6-12-20(16)19-14-18-11-7-13-21(22(18)15-19)17-9-3-2-4-10-17;1-12-10-14-8-5-9-15(16(14)11-12)13-6-3-2-4-7-13;1-3-2;;;/h2-15H,1H3;2-11H,1H3;1-2H3;2*1H;/q2*-1;;;;+2/p-2. The molecule has 0 fully saturated rings. The van der Waals surface area contributed by atoms with Crippen LogP contribution in [0.3, 0.4) is 0 Å². The second-order valence-corrected chi connectivity index (χ2v) is 20.3. The molecular weight excluding hydrogens is 671 g/mol. The fraction of sp³-hybridized carbons (Fsp3) is 0.100. The van der Waals surface area contributed by atoms with Crippen LogP contribution in [-0.2, 0) is 23.3 Å². The van der Waals surface area contributed by atoms with Crippen molar-refractivity contribution in [1.29, 1.82) is 0 Å². The van der Waals surface area contributed by atoms with Gasteiger partial charge in [-0.2, -0.15) is 6.07 Å². The predicted octanol–water partition coefficient (Wildman–Crippen LogP) is 5.53. The fourth-order valence-electron chi connectivity index (χ4n) is 5.41. The summed E-state index contributed by atoms with van der Waals surface area (Å²) >= 11 is 1.74. The van der Waals surface area contributed by atoms with Crippen LogP contribution in [0.15, 0.2) is 146 Å². The predicted molar refractivity (Wildman–Crippen MR) is 182 cm³/mol.